The predicted molar refractivity (Wildman–Crippen MR) is 66.1 cm³/mol. The highest BCUT2D eigenvalue weighted by Crippen LogP contribution is 2.24. The maximum atomic E-state index is 13.2. The SMILES string of the molecule is COc1ncccc1NCc1cc(F)c(O)c(F)c1. The molecule has 0 saturated carbocycles. The lowest BCUT2D eigenvalue weighted by Gasteiger charge is -2.10. The second kappa shape index (κ2) is 5.51. The summed E-state index contributed by atoms with van der Waals surface area (Å²) < 4.78 is 31.4. The monoisotopic (exact) mass is 266 g/mol. The van der Waals surface area contributed by atoms with Crippen LogP contribution >= 0.6 is 0 Å². The second-order valence-corrected chi connectivity index (χ2v) is 3.82. The third-order valence-electron chi connectivity index (χ3n) is 2.52. The normalized spacial score (nSPS) is 10.3. The molecule has 1 aromatic heterocycles. The molecule has 1 aromatic carbocycles. The molecule has 2 rings (SSSR count). The topological polar surface area (TPSA) is 54.4 Å². The van der Waals surface area contributed by atoms with Crippen molar-refractivity contribution in [1.82, 2.24) is 4.98 Å². The molecule has 100 valence electrons. The Hall–Kier alpha value is -2.37. The number of aromatic nitrogens is 1. The molecule has 4 nitrogen and oxygen atoms in total. The molecule has 0 fully saturated rings. The molecule has 0 unspecified atom stereocenters. The molecule has 19 heavy (non-hydrogen) atoms. The number of aromatic hydroxyl groups is 1. The van der Waals surface area contributed by atoms with Gasteiger partial charge in [-0.3, -0.25) is 0 Å². The Morgan fingerprint density at radius 2 is 2.00 bits per heavy atom. The number of benzene rings is 1. The minimum absolute atomic E-state index is 0.177. The number of hydrogen-bond donors (Lipinski definition) is 2. The standard InChI is InChI=1S/C13H12F2N2O2/c1-19-13-11(3-2-4-16-13)17-7-8-5-9(14)12(18)10(15)6-8/h2-6,17-18H,7H2,1H3. The Balaban J connectivity index is 2.15. The molecule has 6 heteroatoms. The van der Waals surface area contributed by atoms with Gasteiger partial charge in [0.15, 0.2) is 17.4 Å². The fraction of sp³-hybridized carbons (Fsp3) is 0.154. The lowest BCUT2D eigenvalue weighted by Crippen LogP contribution is -2.03. The van der Waals surface area contributed by atoms with Crippen LogP contribution in [0.4, 0.5) is 14.5 Å². The van der Waals surface area contributed by atoms with Crippen LogP contribution in [0.25, 0.3) is 0 Å². The first-order valence-corrected chi connectivity index (χ1v) is 5.51. The van der Waals surface area contributed by atoms with Gasteiger partial charge in [-0.25, -0.2) is 13.8 Å². The van der Waals surface area contributed by atoms with Gasteiger partial charge in [-0.2, -0.15) is 0 Å². The molecular weight excluding hydrogens is 254 g/mol. The first-order valence-electron chi connectivity index (χ1n) is 5.51. The minimum atomic E-state index is -0.991. The van der Waals surface area contributed by atoms with E-state index in [1.807, 2.05) is 0 Å². The number of anilines is 1. The number of phenolic OH excluding ortho intramolecular Hbond substituents is 1. The Morgan fingerprint density at radius 3 is 2.63 bits per heavy atom. The maximum Gasteiger partial charge on any atom is 0.237 e. The summed E-state index contributed by atoms with van der Waals surface area (Å²) in [4.78, 5) is 3.99. The summed E-state index contributed by atoms with van der Waals surface area (Å²) in [5, 5.41) is 11.9. The van der Waals surface area contributed by atoms with Crippen LogP contribution < -0.4 is 10.1 Å². The number of nitrogens with one attached hydrogen (secondary N) is 1. The predicted octanol–water partition coefficient (Wildman–Crippen LogP) is 2.69. The largest absolute Gasteiger partial charge is 0.503 e. The highest BCUT2D eigenvalue weighted by molar-refractivity contribution is 5.52. The molecule has 1 heterocycles. The third-order valence-corrected chi connectivity index (χ3v) is 2.52. The summed E-state index contributed by atoms with van der Waals surface area (Å²) in [6.45, 7) is 0.177. The van der Waals surface area contributed by atoms with Gasteiger partial charge >= 0.3 is 0 Å². The number of halogens is 2. The Morgan fingerprint density at radius 1 is 1.32 bits per heavy atom. The summed E-state index contributed by atoms with van der Waals surface area (Å²) in [5.41, 5.74) is 0.970. The minimum Gasteiger partial charge on any atom is -0.503 e. The van der Waals surface area contributed by atoms with Crippen molar-refractivity contribution < 1.29 is 18.6 Å². The molecule has 0 aliphatic carbocycles. The van der Waals surface area contributed by atoms with Crippen molar-refractivity contribution in [3.8, 4) is 11.6 Å². The molecule has 0 atom stereocenters. The first kappa shape index (κ1) is 13.1. The first-order chi connectivity index (χ1) is 9.11. The number of hydrogen-bond acceptors (Lipinski definition) is 4. The van der Waals surface area contributed by atoms with Gasteiger partial charge in [-0.15, -0.1) is 0 Å². The highest BCUT2D eigenvalue weighted by atomic mass is 19.1. The van der Waals surface area contributed by atoms with Crippen molar-refractivity contribution in [3.63, 3.8) is 0 Å². The quantitative estimate of drug-likeness (QED) is 0.893. The van der Waals surface area contributed by atoms with Crippen LogP contribution in [0.2, 0.25) is 0 Å². The molecule has 0 radical (unpaired) electrons. The Bertz CT molecular complexity index is 568. The molecule has 2 N–H and O–H groups in total. The van der Waals surface area contributed by atoms with Gasteiger partial charge in [0.1, 0.15) is 0 Å². The van der Waals surface area contributed by atoms with E-state index < -0.39 is 17.4 Å². The molecular formula is C13H12F2N2O2. The van der Waals surface area contributed by atoms with Crippen LogP contribution in [0, 0.1) is 11.6 Å². The molecule has 0 amide bonds. The zero-order valence-electron chi connectivity index (χ0n) is 10.2. The van der Waals surface area contributed by atoms with Crippen molar-refractivity contribution in [2.24, 2.45) is 0 Å². The zero-order chi connectivity index (χ0) is 13.8. The molecule has 0 saturated heterocycles. The molecule has 0 aliphatic heterocycles. The summed E-state index contributed by atoms with van der Waals surface area (Å²) in [5.74, 6) is -2.56. The van der Waals surface area contributed by atoms with Gasteiger partial charge in [0.25, 0.3) is 0 Å². The zero-order valence-corrected chi connectivity index (χ0v) is 10.2. The average molecular weight is 266 g/mol. The van der Waals surface area contributed by atoms with E-state index in [1.54, 1.807) is 18.3 Å². The van der Waals surface area contributed by atoms with E-state index in [4.69, 9.17) is 9.84 Å². The number of ether oxygens (including phenoxy) is 1. The highest BCUT2D eigenvalue weighted by Gasteiger charge is 2.10. The van der Waals surface area contributed by atoms with Gasteiger partial charge in [-0.05, 0) is 29.8 Å². The maximum absolute atomic E-state index is 13.2. The van der Waals surface area contributed by atoms with Gasteiger partial charge < -0.3 is 15.2 Å². The van der Waals surface area contributed by atoms with E-state index >= 15 is 0 Å². The van der Waals surface area contributed by atoms with Crippen molar-refractivity contribution >= 4 is 5.69 Å². The van der Waals surface area contributed by atoms with E-state index in [0.717, 1.165) is 12.1 Å². The molecule has 0 aliphatic rings. The van der Waals surface area contributed by atoms with Crippen molar-refractivity contribution in [2.75, 3.05) is 12.4 Å². The van der Waals surface area contributed by atoms with Crippen LogP contribution in [0.3, 0.4) is 0 Å². The Labute approximate surface area is 108 Å². The smallest absolute Gasteiger partial charge is 0.237 e. The van der Waals surface area contributed by atoms with Crippen LogP contribution in [0.5, 0.6) is 11.6 Å². The van der Waals surface area contributed by atoms with E-state index in [-0.39, 0.29) is 6.54 Å². The number of phenols is 1. The lowest BCUT2D eigenvalue weighted by atomic mass is 10.2. The second-order valence-electron chi connectivity index (χ2n) is 3.82. The fourth-order valence-electron chi connectivity index (χ4n) is 1.61. The number of pyridine rings is 1. The van der Waals surface area contributed by atoms with E-state index in [1.165, 1.54) is 7.11 Å². The van der Waals surface area contributed by atoms with E-state index in [0.29, 0.717) is 17.1 Å². The summed E-state index contributed by atoms with van der Waals surface area (Å²) >= 11 is 0. The van der Waals surface area contributed by atoms with E-state index in [9.17, 15) is 8.78 Å². The fourth-order valence-corrected chi connectivity index (χ4v) is 1.61. The van der Waals surface area contributed by atoms with Crippen LogP contribution in [0.1, 0.15) is 5.56 Å². The number of nitrogens with zero attached hydrogens (tertiary/aromatic N) is 1. The Kier molecular flexibility index (Phi) is 3.79. The van der Waals surface area contributed by atoms with Crippen molar-refractivity contribution in [1.29, 1.82) is 0 Å². The van der Waals surface area contributed by atoms with Crippen molar-refractivity contribution in [2.45, 2.75) is 6.54 Å². The average Bonchev–Trinajstić information content (AvgIpc) is 2.42. The van der Waals surface area contributed by atoms with Gasteiger partial charge in [0.2, 0.25) is 5.88 Å². The lowest BCUT2D eigenvalue weighted by molar-refractivity contribution is 0.395. The summed E-state index contributed by atoms with van der Waals surface area (Å²) in [6, 6.07) is 5.57. The van der Waals surface area contributed by atoms with Crippen LogP contribution in [-0.4, -0.2) is 17.2 Å². The van der Waals surface area contributed by atoms with Gasteiger partial charge in [0.05, 0.1) is 12.8 Å². The summed E-state index contributed by atoms with van der Waals surface area (Å²) in [7, 11) is 1.48. The number of methoxy groups -OCH3 is 1. The van der Waals surface area contributed by atoms with Gasteiger partial charge in [0, 0.05) is 12.7 Å². The molecule has 2 aromatic rings. The van der Waals surface area contributed by atoms with Crippen LogP contribution in [-0.2, 0) is 6.54 Å². The van der Waals surface area contributed by atoms with Crippen molar-refractivity contribution in [3.05, 3.63) is 47.7 Å². The summed E-state index contributed by atoms with van der Waals surface area (Å²) in [6.07, 6.45) is 1.57. The van der Waals surface area contributed by atoms with E-state index in [2.05, 4.69) is 10.3 Å². The van der Waals surface area contributed by atoms with Gasteiger partial charge in [-0.1, -0.05) is 0 Å². The number of rotatable bonds is 4. The molecule has 0 bridgehead atoms. The molecule has 0 spiro atoms. The third kappa shape index (κ3) is 2.90. The van der Waals surface area contributed by atoms with Crippen LogP contribution in [0.15, 0.2) is 30.5 Å².